The van der Waals surface area contributed by atoms with E-state index in [0.29, 0.717) is 18.3 Å². The van der Waals surface area contributed by atoms with Crippen LogP contribution in [0.25, 0.3) is 11.4 Å². The SMILES string of the molecule is Cc1ccncc1-c1noc(CC2(CN)CCCCC2)n1. The Morgan fingerprint density at radius 1 is 1.29 bits per heavy atom. The molecule has 2 aromatic rings. The molecule has 1 aliphatic carbocycles. The van der Waals surface area contributed by atoms with Crippen LogP contribution in [-0.4, -0.2) is 21.7 Å². The minimum atomic E-state index is 0.145. The van der Waals surface area contributed by atoms with Crippen LogP contribution in [0.2, 0.25) is 0 Å². The summed E-state index contributed by atoms with van der Waals surface area (Å²) in [5.74, 6) is 1.32. The van der Waals surface area contributed by atoms with E-state index in [-0.39, 0.29) is 5.41 Å². The second-order valence-electron chi connectivity index (χ2n) is 6.14. The van der Waals surface area contributed by atoms with Crippen molar-refractivity contribution in [1.82, 2.24) is 15.1 Å². The maximum atomic E-state index is 6.03. The van der Waals surface area contributed by atoms with Crippen molar-refractivity contribution >= 4 is 0 Å². The molecule has 0 unspecified atom stereocenters. The first-order chi connectivity index (χ1) is 10.2. The first kappa shape index (κ1) is 14.2. The summed E-state index contributed by atoms with van der Waals surface area (Å²) in [7, 11) is 0. The summed E-state index contributed by atoms with van der Waals surface area (Å²) in [5, 5.41) is 4.11. The molecule has 5 heteroatoms. The molecular formula is C16H22N4O. The maximum absolute atomic E-state index is 6.03. The molecule has 0 atom stereocenters. The quantitative estimate of drug-likeness (QED) is 0.935. The van der Waals surface area contributed by atoms with E-state index in [9.17, 15) is 0 Å². The molecule has 0 bridgehead atoms. The Balaban J connectivity index is 1.80. The van der Waals surface area contributed by atoms with Gasteiger partial charge in [0, 0.05) is 24.4 Å². The van der Waals surface area contributed by atoms with E-state index < -0.39 is 0 Å². The lowest BCUT2D eigenvalue weighted by Crippen LogP contribution is -2.35. The van der Waals surface area contributed by atoms with Gasteiger partial charge in [0.15, 0.2) is 0 Å². The number of hydrogen-bond donors (Lipinski definition) is 1. The van der Waals surface area contributed by atoms with Crippen molar-refractivity contribution in [3.8, 4) is 11.4 Å². The molecule has 0 saturated heterocycles. The molecule has 0 aromatic carbocycles. The number of nitrogens with two attached hydrogens (primary N) is 1. The molecule has 3 rings (SSSR count). The monoisotopic (exact) mass is 286 g/mol. The standard InChI is InChI=1S/C16H22N4O/c1-12-5-8-18-10-13(12)15-19-14(21-20-15)9-16(11-17)6-3-2-4-7-16/h5,8,10H,2-4,6-7,9,11,17H2,1H3. The molecule has 1 fully saturated rings. The Labute approximate surface area is 125 Å². The molecule has 112 valence electrons. The summed E-state index contributed by atoms with van der Waals surface area (Å²) in [4.78, 5) is 8.69. The summed E-state index contributed by atoms with van der Waals surface area (Å²) in [5.41, 5.74) is 8.20. The highest BCUT2D eigenvalue weighted by Crippen LogP contribution is 2.38. The van der Waals surface area contributed by atoms with Gasteiger partial charge >= 0.3 is 0 Å². The van der Waals surface area contributed by atoms with E-state index in [1.54, 1.807) is 12.4 Å². The molecule has 0 amide bonds. The molecular weight excluding hydrogens is 264 g/mol. The van der Waals surface area contributed by atoms with E-state index in [0.717, 1.165) is 30.4 Å². The molecule has 0 radical (unpaired) electrons. The van der Waals surface area contributed by atoms with Gasteiger partial charge in [-0.3, -0.25) is 4.98 Å². The zero-order chi connectivity index (χ0) is 14.7. The number of nitrogens with zero attached hydrogens (tertiary/aromatic N) is 3. The Morgan fingerprint density at radius 3 is 2.81 bits per heavy atom. The smallest absolute Gasteiger partial charge is 0.227 e. The predicted molar refractivity (Wildman–Crippen MR) is 80.5 cm³/mol. The van der Waals surface area contributed by atoms with Crippen molar-refractivity contribution < 1.29 is 4.52 Å². The van der Waals surface area contributed by atoms with Crippen LogP contribution < -0.4 is 5.73 Å². The van der Waals surface area contributed by atoms with E-state index >= 15 is 0 Å². The topological polar surface area (TPSA) is 77.8 Å². The van der Waals surface area contributed by atoms with Gasteiger partial charge in [-0.1, -0.05) is 24.4 Å². The molecule has 1 saturated carbocycles. The average molecular weight is 286 g/mol. The van der Waals surface area contributed by atoms with Crippen LogP contribution in [-0.2, 0) is 6.42 Å². The Kier molecular flexibility index (Phi) is 4.01. The number of aromatic nitrogens is 3. The van der Waals surface area contributed by atoms with Crippen LogP contribution in [0.4, 0.5) is 0 Å². The summed E-state index contributed by atoms with van der Waals surface area (Å²) >= 11 is 0. The van der Waals surface area contributed by atoms with E-state index in [4.69, 9.17) is 10.3 Å². The third-order valence-corrected chi connectivity index (χ3v) is 4.62. The van der Waals surface area contributed by atoms with Gasteiger partial charge in [0.25, 0.3) is 0 Å². The normalized spacial score (nSPS) is 17.8. The van der Waals surface area contributed by atoms with Gasteiger partial charge in [-0.25, -0.2) is 0 Å². The van der Waals surface area contributed by atoms with E-state index in [1.807, 2.05) is 13.0 Å². The van der Waals surface area contributed by atoms with E-state index in [2.05, 4.69) is 15.1 Å². The Bertz CT molecular complexity index is 602. The lowest BCUT2D eigenvalue weighted by atomic mass is 9.72. The fraction of sp³-hybridized carbons (Fsp3) is 0.562. The first-order valence-electron chi connectivity index (χ1n) is 7.66. The first-order valence-corrected chi connectivity index (χ1v) is 7.66. The molecule has 2 heterocycles. The molecule has 2 N–H and O–H groups in total. The summed E-state index contributed by atoms with van der Waals surface area (Å²) in [6.07, 6.45) is 10.5. The molecule has 0 aliphatic heterocycles. The number of aryl methyl sites for hydroxylation is 1. The van der Waals surface area contributed by atoms with Crippen molar-refractivity contribution in [3.05, 3.63) is 29.9 Å². The van der Waals surface area contributed by atoms with Crippen LogP contribution >= 0.6 is 0 Å². The zero-order valence-electron chi connectivity index (χ0n) is 12.5. The van der Waals surface area contributed by atoms with Gasteiger partial charge in [-0.15, -0.1) is 0 Å². The highest BCUT2D eigenvalue weighted by Gasteiger charge is 2.33. The second-order valence-corrected chi connectivity index (χ2v) is 6.14. The molecule has 5 nitrogen and oxygen atoms in total. The lowest BCUT2D eigenvalue weighted by molar-refractivity contribution is 0.177. The molecule has 1 aliphatic rings. The van der Waals surface area contributed by atoms with Gasteiger partial charge in [0.05, 0.1) is 0 Å². The van der Waals surface area contributed by atoms with E-state index in [1.165, 1.54) is 19.3 Å². The largest absolute Gasteiger partial charge is 0.339 e. The van der Waals surface area contributed by atoms with Gasteiger partial charge in [0.2, 0.25) is 11.7 Å². The molecule has 21 heavy (non-hydrogen) atoms. The fourth-order valence-corrected chi connectivity index (χ4v) is 3.21. The fourth-order valence-electron chi connectivity index (χ4n) is 3.21. The maximum Gasteiger partial charge on any atom is 0.227 e. The van der Waals surface area contributed by atoms with Gasteiger partial charge in [0.1, 0.15) is 0 Å². The highest BCUT2D eigenvalue weighted by atomic mass is 16.5. The van der Waals surface area contributed by atoms with Gasteiger partial charge in [-0.05, 0) is 43.4 Å². The van der Waals surface area contributed by atoms with Crippen LogP contribution in [0.15, 0.2) is 23.0 Å². The Hall–Kier alpha value is -1.75. The van der Waals surface area contributed by atoms with Crippen LogP contribution in [0, 0.1) is 12.3 Å². The van der Waals surface area contributed by atoms with Crippen molar-refractivity contribution in [2.75, 3.05) is 6.54 Å². The van der Waals surface area contributed by atoms with Crippen LogP contribution in [0.3, 0.4) is 0 Å². The van der Waals surface area contributed by atoms with Crippen molar-refractivity contribution in [3.63, 3.8) is 0 Å². The molecule has 0 spiro atoms. The van der Waals surface area contributed by atoms with Crippen molar-refractivity contribution in [2.45, 2.75) is 45.4 Å². The summed E-state index contributed by atoms with van der Waals surface area (Å²) in [6.45, 7) is 2.71. The minimum Gasteiger partial charge on any atom is -0.339 e. The number of rotatable bonds is 4. The third-order valence-electron chi connectivity index (χ3n) is 4.62. The predicted octanol–water partition coefficient (Wildman–Crippen LogP) is 2.89. The third kappa shape index (κ3) is 2.97. The highest BCUT2D eigenvalue weighted by molar-refractivity contribution is 5.57. The van der Waals surface area contributed by atoms with Gasteiger partial charge in [-0.2, -0.15) is 4.98 Å². The van der Waals surface area contributed by atoms with Crippen molar-refractivity contribution in [2.24, 2.45) is 11.1 Å². The second kappa shape index (κ2) is 5.93. The number of pyridine rings is 1. The average Bonchev–Trinajstić information content (AvgIpc) is 2.97. The van der Waals surface area contributed by atoms with Gasteiger partial charge < -0.3 is 10.3 Å². The van der Waals surface area contributed by atoms with Crippen molar-refractivity contribution in [1.29, 1.82) is 0 Å². The summed E-state index contributed by atoms with van der Waals surface area (Å²) in [6, 6.07) is 1.95. The molecule has 2 aromatic heterocycles. The van der Waals surface area contributed by atoms with Crippen LogP contribution in [0.5, 0.6) is 0 Å². The Morgan fingerprint density at radius 2 is 2.10 bits per heavy atom. The number of hydrogen-bond acceptors (Lipinski definition) is 5. The minimum absolute atomic E-state index is 0.145. The summed E-state index contributed by atoms with van der Waals surface area (Å²) < 4.78 is 5.46. The zero-order valence-corrected chi connectivity index (χ0v) is 12.5. The lowest BCUT2D eigenvalue weighted by Gasteiger charge is -2.34. The van der Waals surface area contributed by atoms with Crippen LogP contribution in [0.1, 0.15) is 43.6 Å².